The number of carbonyl (C=O) groups is 1. The third-order valence-electron chi connectivity index (χ3n) is 2.12. The number of nitrogens with one attached hydrogen (secondary N) is 2. The van der Waals surface area contributed by atoms with E-state index in [1.165, 1.54) is 18.2 Å². The SMILES string of the molecule is O=C(/C=C/c1cccs1)NNc1ccc(F)cc1. The Kier molecular flexibility index (Phi) is 4.09. The molecule has 0 aliphatic rings. The molecular formula is C13H11FN2OS. The van der Waals surface area contributed by atoms with Crippen molar-refractivity contribution in [3.05, 3.63) is 58.5 Å². The molecule has 2 rings (SSSR count). The fourth-order valence-electron chi connectivity index (χ4n) is 1.25. The molecule has 0 atom stereocenters. The molecule has 0 unspecified atom stereocenters. The first-order valence-electron chi connectivity index (χ1n) is 5.27. The lowest BCUT2D eigenvalue weighted by molar-refractivity contribution is -0.115. The van der Waals surface area contributed by atoms with Crippen LogP contribution in [0.5, 0.6) is 0 Å². The van der Waals surface area contributed by atoms with Crippen molar-refractivity contribution in [2.45, 2.75) is 0 Å². The van der Waals surface area contributed by atoms with Gasteiger partial charge in [0.25, 0.3) is 5.91 Å². The van der Waals surface area contributed by atoms with Gasteiger partial charge >= 0.3 is 0 Å². The maximum Gasteiger partial charge on any atom is 0.262 e. The van der Waals surface area contributed by atoms with E-state index in [0.29, 0.717) is 5.69 Å². The Balaban J connectivity index is 1.83. The second-order valence-electron chi connectivity index (χ2n) is 3.47. The van der Waals surface area contributed by atoms with Crippen molar-refractivity contribution in [3.63, 3.8) is 0 Å². The van der Waals surface area contributed by atoms with Gasteiger partial charge in [0, 0.05) is 11.0 Å². The van der Waals surface area contributed by atoms with Crippen molar-refractivity contribution in [3.8, 4) is 0 Å². The lowest BCUT2D eigenvalue weighted by Gasteiger charge is -2.05. The summed E-state index contributed by atoms with van der Waals surface area (Å²) in [5.74, 6) is -0.586. The summed E-state index contributed by atoms with van der Waals surface area (Å²) in [6.45, 7) is 0. The number of benzene rings is 1. The lowest BCUT2D eigenvalue weighted by atomic mass is 10.3. The van der Waals surface area contributed by atoms with Crippen molar-refractivity contribution < 1.29 is 9.18 Å². The van der Waals surface area contributed by atoms with Crippen molar-refractivity contribution >= 4 is 29.0 Å². The molecule has 0 bridgehead atoms. The maximum absolute atomic E-state index is 12.6. The Labute approximate surface area is 108 Å². The van der Waals surface area contributed by atoms with E-state index < -0.39 is 0 Å². The van der Waals surface area contributed by atoms with E-state index in [4.69, 9.17) is 0 Å². The van der Waals surface area contributed by atoms with Gasteiger partial charge in [-0.25, -0.2) is 4.39 Å². The summed E-state index contributed by atoms with van der Waals surface area (Å²) in [5, 5.41) is 1.94. The third kappa shape index (κ3) is 3.71. The van der Waals surface area contributed by atoms with Crippen LogP contribution < -0.4 is 10.9 Å². The van der Waals surface area contributed by atoms with E-state index >= 15 is 0 Å². The summed E-state index contributed by atoms with van der Waals surface area (Å²) in [7, 11) is 0. The molecule has 3 nitrogen and oxygen atoms in total. The number of carbonyl (C=O) groups excluding carboxylic acids is 1. The Morgan fingerprint density at radius 2 is 2.00 bits per heavy atom. The second-order valence-corrected chi connectivity index (χ2v) is 4.45. The molecule has 0 aliphatic heterocycles. The minimum absolute atomic E-state index is 0.271. The molecule has 0 saturated carbocycles. The average molecular weight is 262 g/mol. The molecule has 0 fully saturated rings. The molecule has 0 saturated heterocycles. The Morgan fingerprint density at radius 1 is 1.22 bits per heavy atom. The van der Waals surface area contributed by atoms with Gasteiger partial charge in [0.05, 0.1) is 5.69 Å². The highest BCUT2D eigenvalue weighted by Gasteiger charge is 1.96. The van der Waals surface area contributed by atoms with Gasteiger partial charge in [-0.05, 0) is 41.8 Å². The number of hydrogen-bond acceptors (Lipinski definition) is 3. The summed E-state index contributed by atoms with van der Waals surface area (Å²) in [5.41, 5.74) is 5.79. The van der Waals surface area contributed by atoms with E-state index in [2.05, 4.69) is 10.9 Å². The van der Waals surface area contributed by atoms with Crippen molar-refractivity contribution in [2.24, 2.45) is 0 Å². The minimum Gasteiger partial charge on any atom is -0.298 e. The van der Waals surface area contributed by atoms with Gasteiger partial charge in [0.2, 0.25) is 0 Å². The topological polar surface area (TPSA) is 41.1 Å². The van der Waals surface area contributed by atoms with Crippen LogP contribution in [0.4, 0.5) is 10.1 Å². The van der Waals surface area contributed by atoms with Gasteiger partial charge in [0.15, 0.2) is 0 Å². The van der Waals surface area contributed by atoms with Gasteiger partial charge in [-0.2, -0.15) is 0 Å². The molecule has 2 N–H and O–H groups in total. The number of hydrogen-bond donors (Lipinski definition) is 2. The van der Waals surface area contributed by atoms with E-state index in [0.717, 1.165) is 4.88 Å². The molecule has 0 radical (unpaired) electrons. The van der Waals surface area contributed by atoms with E-state index in [-0.39, 0.29) is 11.7 Å². The van der Waals surface area contributed by atoms with E-state index in [1.54, 1.807) is 29.5 Å². The molecule has 0 spiro atoms. The molecule has 1 amide bonds. The van der Waals surface area contributed by atoms with Crippen LogP contribution >= 0.6 is 11.3 Å². The Bertz CT molecular complexity index is 535. The zero-order valence-electron chi connectivity index (χ0n) is 9.39. The average Bonchev–Trinajstić information content (AvgIpc) is 2.89. The van der Waals surface area contributed by atoms with Gasteiger partial charge in [-0.15, -0.1) is 11.3 Å². The number of thiophene rings is 1. The van der Waals surface area contributed by atoms with Gasteiger partial charge in [-0.3, -0.25) is 15.6 Å². The first kappa shape index (κ1) is 12.3. The summed E-state index contributed by atoms with van der Waals surface area (Å²) in [4.78, 5) is 12.5. The van der Waals surface area contributed by atoms with Crippen LogP contribution in [0.2, 0.25) is 0 Å². The summed E-state index contributed by atoms with van der Waals surface area (Å²) in [6.07, 6.45) is 3.16. The Morgan fingerprint density at radius 3 is 2.67 bits per heavy atom. The largest absolute Gasteiger partial charge is 0.298 e. The van der Waals surface area contributed by atoms with Crippen LogP contribution in [-0.2, 0) is 4.79 Å². The molecule has 18 heavy (non-hydrogen) atoms. The van der Waals surface area contributed by atoms with Gasteiger partial charge in [0.1, 0.15) is 5.82 Å². The van der Waals surface area contributed by atoms with Gasteiger partial charge in [-0.1, -0.05) is 6.07 Å². The zero-order valence-corrected chi connectivity index (χ0v) is 10.2. The maximum atomic E-state index is 12.6. The monoisotopic (exact) mass is 262 g/mol. The second kappa shape index (κ2) is 5.97. The number of rotatable bonds is 4. The fourth-order valence-corrected chi connectivity index (χ4v) is 1.87. The smallest absolute Gasteiger partial charge is 0.262 e. The fraction of sp³-hybridized carbons (Fsp3) is 0. The first-order chi connectivity index (χ1) is 8.74. The molecular weight excluding hydrogens is 251 g/mol. The minimum atomic E-state index is -0.315. The predicted molar refractivity (Wildman–Crippen MR) is 71.5 cm³/mol. The highest BCUT2D eigenvalue weighted by Crippen LogP contribution is 2.10. The predicted octanol–water partition coefficient (Wildman–Crippen LogP) is 3.04. The van der Waals surface area contributed by atoms with Crippen molar-refractivity contribution in [1.29, 1.82) is 0 Å². The van der Waals surface area contributed by atoms with Crippen LogP contribution in [0, 0.1) is 5.82 Å². The number of halogens is 1. The molecule has 0 aliphatic carbocycles. The molecule has 1 heterocycles. The molecule has 2 aromatic rings. The summed E-state index contributed by atoms with van der Waals surface area (Å²) >= 11 is 1.55. The molecule has 92 valence electrons. The van der Waals surface area contributed by atoms with Crippen LogP contribution in [-0.4, -0.2) is 5.91 Å². The summed E-state index contributed by atoms with van der Waals surface area (Å²) < 4.78 is 12.6. The van der Waals surface area contributed by atoms with Crippen LogP contribution in [0.3, 0.4) is 0 Å². The van der Waals surface area contributed by atoms with E-state index in [1.807, 2.05) is 17.5 Å². The highest BCUT2D eigenvalue weighted by atomic mass is 32.1. The first-order valence-corrected chi connectivity index (χ1v) is 6.15. The number of hydrazine groups is 1. The standard InChI is InChI=1S/C13H11FN2OS/c14-10-3-5-11(6-4-10)15-16-13(17)8-7-12-2-1-9-18-12/h1-9,15H,(H,16,17)/b8-7+. The summed E-state index contributed by atoms with van der Waals surface area (Å²) in [6, 6.07) is 9.55. The quantitative estimate of drug-likeness (QED) is 0.657. The van der Waals surface area contributed by atoms with Crippen LogP contribution in [0.25, 0.3) is 6.08 Å². The number of anilines is 1. The zero-order chi connectivity index (χ0) is 12.8. The Hall–Kier alpha value is -2.14. The van der Waals surface area contributed by atoms with Crippen molar-refractivity contribution in [1.82, 2.24) is 5.43 Å². The molecule has 1 aromatic carbocycles. The lowest BCUT2D eigenvalue weighted by Crippen LogP contribution is -2.27. The normalized spacial score (nSPS) is 10.5. The van der Waals surface area contributed by atoms with Crippen molar-refractivity contribution in [2.75, 3.05) is 5.43 Å². The van der Waals surface area contributed by atoms with E-state index in [9.17, 15) is 9.18 Å². The number of amides is 1. The highest BCUT2D eigenvalue weighted by molar-refractivity contribution is 7.10. The van der Waals surface area contributed by atoms with Crippen LogP contribution in [0.15, 0.2) is 47.9 Å². The third-order valence-corrected chi connectivity index (χ3v) is 2.95. The van der Waals surface area contributed by atoms with Gasteiger partial charge < -0.3 is 0 Å². The molecule has 5 heteroatoms. The van der Waals surface area contributed by atoms with Crippen LogP contribution in [0.1, 0.15) is 4.88 Å². The molecule has 1 aromatic heterocycles.